The van der Waals surface area contributed by atoms with Crippen LogP contribution in [0.3, 0.4) is 0 Å². The van der Waals surface area contributed by atoms with Crippen molar-refractivity contribution in [3.63, 3.8) is 0 Å². The lowest BCUT2D eigenvalue weighted by molar-refractivity contribution is 0.258. The van der Waals surface area contributed by atoms with Crippen LogP contribution in [0.25, 0.3) is 0 Å². The summed E-state index contributed by atoms with van der Waals surface area (Å²) in [6, 6.07) is 0.266. The maximum absolute atomic E-state index is 11.0. The number of carbonyl (C=O) groups is 1. The average molecular weight is 193 g/mol. The van der Waals surface area contributed by atoms with E-state index in [0.29, 0.717) is 13.0 Å². The predicted molar refractivity (Wildman–Crippen MR) is 54.7 cm³/mol. The van der Waals surface area contributed by atoms with Gasteiger partial charge in [-0.2, -0.15) is 0 Å². The molecule has 0 aliphatic rings. The SMILES string of the molecule is CC(C)NC(=O)PSC(C)C. The fourth-order valence-electron chi connectivity index (χ4n) is 0.463. The van der Waals surface area contributed by atoms with Crippen LogP contribution in [-0.2, 0) is 0 Å². The van der Waals surface area contributed by atoms with Crippen LogP contribution in [0.15, 0.2) is 0 Å². The Morgan fingerprint density at radius 3 is 2.27 bits per heavy atom. The predicted octanol–water partition coefficient (Wildman–Crippen LogP) is 2.84. The van der Waals surface area contributed by atoms with Crippen LogP contribution in [0.4, 0.5) is 4.79 Å². The van der Waals surface area contributed by atoms with Crippen LogP contribution in [0.5, 0.6) is 0 Å². The molecule has 1 atom stereocenters. The second-order valence-electron chi connectivity index (χ2n) is 2.90. The minimum atomic E-state index is 0.165. The van der Waals surface area contributed by atoms with Crippen LogP contribution >= 0.6 is 19.2 Å². The lowest BCUT2D eigenvalue weighted by atomic mass is 10.4. The zero-order valence-electron chi connectivity index (χ0n) is 7.47. The van der Waals surface area contributed by atoms with E-state index < -0.39 is 0 Å². The molecule has 0 heterocycles. The third kappa shape index (κ3) is 8.15. The standard InChI is InChI=1S/C7H16NOPS/c1-5(2)8-7(9)10-11-6(3)4/h5-6,10H,1-4H3,(H,8,9). The van der Waals surface area contributed by atoms with Crippen molar-refractivity contribution in [1.82, 2.24) is 5.32 Å². The molecule has 1 unspecified atom stereocenters. The molecule has 1 amide bonds. The second kappa shape index (κ2) is 5.84. The maximum atomic E-state index is 11.0. The molecule has 0 aromatic rings. The van der Waals surface area contributed by atoms with E-state index in [-0.39, 0.29) is 11.7 Å². The van der Waals surface area contributed by atoms with Gasteiger partial charge in [-0.3, -0.25) is 4.79 Å². The van der Waals surface area contributed by atoms with Gasteiger partial charge < -0.3 is 5.32 Å². The quantitative estimate of drug-likeness (QED) is 0.695. The highest BCUT2D eigenvalue weighted by Crippen LogP contribution is 2.33. The first-order valence-electron chi connectivity index (χ1n) is 3.74. The summed E-state index contributed by atoms with van der Waals surface area (Å²) in [5, 5.41) is 3.40. The molecule has 0 aliphatic carbocycles. The third-order valence-electron chi connectivity index (χ3n) is 0.807. The Morgan fingerprint density at radius 2 is 1.91 bits per heavy atom. The van der Waals surface area contributed by atoms with Gasteiger partial charge in [0.15, 0.2) is 0 Å². The molecule has 11 heavy (non-hydrogen) atoms. The van der Waals surface area contributed by atoms with E-state index in [2.05, 4.69) is 19.2 Å². The van der Waals surface area contributed by atoms with E-state index in [1.165, 1.54) is 0 Å². The molecule has 0 radical (unpaired) electrons. The Morgan fingerprint density at radius 1 is 1.36 bits per heavy atom. The molecule has 1 N–H and O–H groups in total. The lowest BCUT2D eigenvalue weighted by Crippen LogP contribution is -2.25. The van der Waals surface area contributed by atoms with Crippen LogP contribution in [-0.4, -0.2) is 16.9 Å². The third-order valence-corrected chi connectivity index (χ3v) is 4.05. The van der Waals surface area contributed by atoms with Gasteiger partial charge in [-0.15, -0.1) is 11.4 Å². The first-order chi connectivity index (χ1) is 5.02. The zero-order valence-corrected chi connectivity index (χ0v) is 9.29. The van der Waals surface area contributed by atoms with Crippen molar-refractivity contribution >= 4 is 24.8 Å². The van der Waals surface area contributed by atoms with Gasteiger partial charge in [-0.05, 0) is 13.8 Å². The summed E-state index contributed by atoms with van der Waals surface area (Å²) in [4.78, 5) is 11.0. The van der Waals surface area contributed by atoms with Gasteiger partial charge >= 0.3 is 0 Å². The summed E-state index contributed by atoms with van der Waals surface area (Å²) in [6.07, 6.45) is 0. The highest BCUT2D eigenvalue weighted by atomic mass is 32.7. The first kappa shape index (κ1) is 11.2. The summed E-state index contributed by atoms with van der Waals surface area (Å²) in [7, 11) is 0.346. The largest absolute Gasteiger partial charge is 0.350 e. The molecule has 0 fully saturated rings. The van der Waals surface area contributed by atoms with E-state index in [1.807, 2.05) is 13.8 Å². The van der Waals surface area contributed by atoms with Crippen molar-refractivity contribution in [2.24, 2.45) is 0 Å². The number of hydrogen-bond donors (Lipinski definition) is 1. The van der Waals surface area contributed by atoms with E-state index in [4.69, 9.17) is 0 Å². The van der Waals surface area contributed by atoms with Gasteiger partial charge in [-0.25, -0.2) is 0 Å². The fraction of sp³-hybridized carbons (Fsp3) is 0.857. The molecule has 0 saturated heterocycles. The van der Waals surface area contributed by atoms with Crippen molar-refractivity contribution in [1.29, 1.82) is 0 Å². The minimum absolute atomic E-state index is 0.165. The van der Waals surface area contributed by atoms with Crippen molar-refractivity contribution in [2.45, 2.75) is 39.0 Å². The molecule has 4 heteroatoms. The van der Waals surface area contributed by atoms with Crippen molar-refractivity contribution in [3.8, 4) is 0 Å². The number of rotatable bonds is 4. The Hall–Kier alpha value is 0.250. The summed E-state index contributed by atoms with van der Waals surface area (Å²) in [5.41, 5.74) is 0.165. The van der Waals surface area contributed by atoms with E-state index >= 15 is 0 Å². The monoisotopic (exact) mass is 193 g/mol. The molecule has 2 nitrogen and oxygen atoms in total. The van der Waals surface area contributed by atoms with Gasteiger partial charge in [0.05, 0.1) is 0 Å². The number of amides is 1. The van der Waals surface area contributed by atoms with Gasteiger partial charge in [0.2, 0.25) is 5.65 Å². The summed E-state index contributed by atoms with van der Waals surface area (Å²) in [6.45, 7) is 8.14. The van der Waals surface area contributed by atoms with Crippen LogP contribution in [0.1, 0.15) is 27.7 Å². The normalized spacial score (nSPS) is 11.8. The van der Waals surface area contributed by atoms with Crippen LogP contribution in [0, 0.1) is 0 Å². The molecular weight excluding hydrogens is 177 g/mol. The molecule has 0 saturated carbocycles. The van der Waals surface area contributed by atoms with E-state index in [0.717, 1.165) is 0 Å². The highest BCUT2D eigenvalue weighted by molar-refractivity contribution is 8.54. The Bertz CT molecular complexity index is 128. The van der Waals surface area contributed by atoms with Crippen molar-refractivity contribution in [3.05, 3.63) is 0 Å². The maximum Gasteiger partial charge on any atom is 0.248 e. The number of hydrogen-bond acceptors (Lipinski definition) is 2. The van der Waals surface area contributed by atoms with Crippen molar-refractivity contribution < 1.29 is 4.79 Å². The average Bonchev–Trinajstić information content (AvgIpc) is 1.82. The topological polar surface area (TPSA) is 29.1 Å². The summed E-state index contributed by atoms with van der Waals surface area (Å²) >= 11 is 1.70. The van der Waals surface area contributed by atoms with Crippen molar-refractivity contribution in [2.75, 3.05) is 0 Å². The molecule has 0 aliphatic heterocycles. The van der Waals surface area contributed by atoms with E-state index in [9.17, 15) is 4.79 Å². The molecule has 0 spiro atoms. The van der Waals surface area contributed by atoms with Crippen LogP contribution in [0.2, 0.25) is 0 Å². The van der Waals surface area contributed by atoms with Gasteiger partial charge in [-0.1, -0.05) is 13.8 Å². The van der Waals surface area contributed by atoms with Gasteiger partial charge in [0.1, 0.15) is 0 Å². The smallest absolute Gasteiger partial charge is 0.248 e. The second-order valence-corrected chi connectivity index (χ2v) is 6.05. The Kier molecular flexibility index (Phi) is 5.98. The Labute approximate surface area is 74.4 Å². The summed E-state index contributed by atoms with van der Waals surface area (Å²) in [5.74, 6) is 0. The van der Waals surface area contributed by atoms with Gasteiger partial charge in [0.25, 0.3) is 0 Å². The molecule has 0 bridgehead atoms. The molecule has 0 aromatic heterocycles. The summed E-state index contributed by atoms with van der Waals surface area (Å²) < 4.78 is 0. The zero-order chi connectivity index (χ0) is 8.85. The van der Waals surface area contributed by atoms with E-state index in [1.54, 1.807) is 11.4 Å². The first-order valence-corrected chi connectivity index (χ1v) is 6.35. The Balaban J connectivity index is 3.38. The highest BCUT2D eigenvalue weighted by Gasteiger charge is 2.03. The number of nitrogens with one attached hydrogen (secondary N) is 1. The lowest BCUT2D eigenvalue weighted by Gasteiger charge is -2.08. The number of carbonyl (C=O) groups excluding carboxylic acids is 1. The fourth-order valence-corrected chi connectivity index (χ4v) is 2.36. The van der Waals surface area contributed by atoms with Gasteiger partial charge in [0, 0.05) is 19.1 Å². The molecular formula is C7H16NOPS. The molecule has 0 rings (SSSR count). The minimum Gasteiger partial charge on any atom is -0.350 e. The van der Waals surface area contributed by atoms with Crippen LogP contribution < -0.4 is 5.32 Å². The molecule has 0 aromatic carbocycles. The molecule has 66 valence electrons.